The summed E-state index contributed by atoms with van der Waals surface area (Å²) >= 11 is 0. The van der Waals surface area contributed by atoms with Crippen molar-refractivity contribution in [3.05, 3.63) is 54.6 Å². The lowest BCUT2D eigenvalue weighted by molar-refractivity contribution is -0.136. The van der Waals surface area contributed by atoms with Gasteiger partial charge in [-0.2, -0.15) is 8.78 Å². The Morgan fingerprint density at radius 2 is 1.86 bits per heavy atom. The number of likely N-dealkylation sites (tertiary alicyclic amines) is 1. The van der Waals surface area contributed by atoms with Crippen molar-refractivity contribution < 1.29 is 23.1 Å². The van der Waals surface area contributed by atoms with Crippen molar-refractivity contribution in [1.82, 2.24) is 19.9 Å². The van der Waals surface area contributed by atoms with Crippen LogP contribution in [0, 0.1) is 12.8 Å². The number of carbonyl (C=O) groups is 2. The Labute approximate surface area is 206 Å². The summed E-state index contributed by atoms with van der Waals surface area (Å²) in [7, 11) is 0. The first-order valence-electron chi connectivity index (χ1n) is 11.5. The van der Waals surface area contributed by atoms with Crippen LogP contribution in [0.4, 0.5) is 26.1 Å². The van der Waals surface area contributed by atoms with E-state index < -0.39 is 6.61 Å². The first-order valence-corrected chi connectivity index (χ1v) is 11.5. The van der Waals surface area contributed by atoms with Crippen LogP contribution in [-0.4, -0.2) is 51.4 Å². The second-order valence-corrected chi connectivity index (χ2v) is 8.34. The molecule has 188 valence electrons. The van der Waals surface area contributed by atoms with E-state index >= 15 is 0 Å². The second-order valence-electron chi connectivity index (χ2n) is 8.34. The zero-order chi connectivity index (χ0) is 25.7. The lowest BCUT2D eigenvalue weighted by atomic mass is 9.96. The number of carbonyl (C=O) groups excluding carboxylic acids is 2. The molecule has 0 bridgehead atoms. The Morgan fingerprint density at radius 1 is 1.14 bits per heavy atom. The zero-order valence-corrected chi connectivity index (χ0v) is 19.9. The molecule has 1 aliphatic heterocycles. The van der Waals surface area contributed by atoms with Gasteiger partial charge in [0.05, 0.1) is 29.2 Å². The highest BCUT2D eigenvalue weighted by molar-refractivity contribution is 5.95. The van der Waals surface area contributed by atoms with Crippen LogP contribution >= 0.6 is 0 Å². The number of pyridine rings is 1. The van der Waals surface area contributed by atoms with Gasteiger partial charge in [-0.05, 0) is 44.0 Å². The Balaban J connectivity index is 1.40. The number of rotatable bonds is 8. The molecular formula is C25H26F2N6O3. The number of piperidine rings is 1. The van der Waals surface area contributed by atoms with E-state index in [1.165, 1.54) is 12.1 Å². The van der Waals surface area contributed by atoms with E-state index in [9.17, 15) is 18.4 Å². The Kier molecular flexibility index (Phi) is 7.67. The van der Waals surface area contributed by atoms with Crippen LogP contribution in [0.25, 0.3) is 11.1 Å². The molecule has 1 aromatic carbocycles. The average molecular weight is 497 g/mol. The molecule has 2 aromatic heterocycles. The van der Waals surface area contributed by atoms with Crippen LogP contribution in [0.2, 0.25) is 0 Å². The summed E-state index contributed by atoms with van der Waals surface area (Å²) in [5.41, 5.74) is 3.25. The maximum Gasteiger partial charge on any atom is 0.387 e. The van der Waals surface area contributed by atoms with Crippen LogP contribution < -0.4 is 15.4 Å². The molecule has 2 N–H and O–H groups in total. The highest BCUT2D eigenvalue weighted by atomic mass is 19.3. The molecule has 3 heterocycles. The molecule has 0 spiro atoms. The van der Waals surface area contributed by atoms with Crippen LogP contribution in [-0.2, 0) is 9.59 Å². The van der Waals surface area contributed by atoms with E-state index in [0.717, 1.165) is 5.56 Å². The van der Waals surface area contributed by atoms with E-state index in [-0.39, 0.29) is 23.5 Å². The molecule has 11 heteroatoms. The minimum Gasteiger partial charge on any atom is -0.435 e. The molecule has 0 aliphatic carbocycles. The minimum atomic E-state index is -2.88. The molecule has 1 aliphatic rings. The van der Waals surface area contributed by atoms with Crippen molar-refractivity contribution >= 4 is 29.1 Å². The number of ether oxygens (including phenoxy) is 1. The van der Waals surface area contributed by atoms with Crippen LogP contribution in [0.1, 0.15) is 25.5 Å². The molecule has 3 aromatic rings. The third-order valence-electron chi connectivity index (χ3n) is 5.92. The summed E-state index contributed by atoms with van der Waals surface area (Å²) in [5.74, 6) is 0.0552. The number of nitrogens with one attached hydrogen (secondary N) is 2. The SMILES string of the molecule is CCN1CC(C(=O)Nc2cc(Nc3ncc(-c4ccc(OC(F)F)cc4)cn3)cnc2C)CCC1=O. The van der Waals surface area contributed by atoms with E-state index in [1.54, 1.807) is 48.6 Å². The van der Waals surface area contributed by atoms with E-state index in [4.69, 9.17) is 0 Å². The highest BCUT2D eigenvalue weighted by Crippen LogP contribution is 2.25. The summed E-state index contributed by atoms with van der Waals surface area (Å²) in [6.45, 7) is 1.81. The summed E-state index contributed by atoms with van der Waals surface area (Å²) in [6.07, 6.45) is 5.71. The third-order valence-corrected chi connectivity index (χ3v) is 5.92. The van der Waals surface area contributed by atoms with Crippen molar-refractivity contribution in [2.45, 2.75) is 33.3 Å². The summed E-state index contributed by atoms with van der Waals surface area (Å²) in [6, 6.07) is 7.94. The van der Waals surface area contributed by atoms with E-state index in [2.05, 4.69) is 30.3 Å². The Morgan fingerprint density at radius 3 is 2.53 bits per heavy atom. The van der Waals surface area contributed by atoms with Crippen LogP contribution in [0.3, 0.4) is 0 Å². The predicted molar refractivity (Wildman–Crippen MR) is 130 cm³/mol. The molecule has 1 atom stereocenters. The van der Waals surface area contributed by atoms with Gasteiger partial charge in [0.2, 0.25) is 17.8 Å². The fourth-order valence-corrected chi connectivity index (χ4v) is 3.90. The number of hydrogen-bond donors (Lipinski definition) is 2. The fourth-order valence-electron chi connectivity index (χ4n) is 3.90. The van der Waals surface area contributed by atoms with Gasteiger partial charge in [0, 0.05) is 37.5 Å². The molecule has 0 saturated carbocycles. The van der Waals surface area contributed by atoms with Gasteiger partial charge in [0.1, 0.15) is 5.75 Å². The quantitative estimate of drug-likeness (QED) is 0.476. The van der Waals surface area contributed by atoms with E-state index in [1.807, 2.05) is 6.92 Å². The van der Waals surface area contributed by atoms with Gasteiger partial charge in [0.15, 0.2) is 0 Å². The fraction of sp³-hybridized carbons (Fsp3) is 0.320. The molecule has 2 amide bonds. The predicted octanol–water partition coefficient (Wildman–Crippen LogP) is 4.39. The number of aromatic nitrogens is 3. The van der Waals surface area contributed by atoms with Gasteiger partial charge in [-0.3, -0.25) is 14.6 Å². The minimum absolute atomic E-state index is 0.0717. The van der Waals surface area contributed by atoms with E-state index in [0.29, 0.717) is 54.5 Å². The largest absolute Gasteiger partial charge is 0.435 e. The van der Waals surface area contributed by atoms with Crippen molar-refractivity contribution in [2.75, 3.05) is 23.7 Å². The van der Waals surface area contributed by atoms with Gasteiger partial charge in [0.25, 0.3) is 0 Å². The van der Waals surface area contributed by atoms with Gasteiger partial charge < -0.3 is 20.3 Å². The number of nitrogens with zero attached hydrogens (tertiary/aromatic N) is 4. The molecule has 1 unspecified atom stereocenters. The maximum atomic E-state index is 12.8. The number of amides is 2. The molecule has 9 nitrogen and oxygen atoms in total. The smallest absolute Gasteiger partial charge is 0.387 e. The monoisotopic (exact) mass is 496 g/mol. The second kappa shape index (κ2) is 11.1. The van der Waals surface area contributed by atoms with Crippen molar-refractivity contribution in [3.63, 3.8) is 0 Å². The normalized spacial score (nSPS) is 15.6. The van der Waals surface area contributed by atoms with Gasteiger partial charge >= 0.3 is 6.61 Å². The van der Waals surface area contributed by atoms with Crippen molar-refractivity contribution in [2.24, 2.45) is 5.92 Å². The zero-order valence-electron chi connectivity index (χ0n) is 19.9. The van der Waals surface area contributed by atoms with Crippen LogP contribution in [0.5, 0.6) is 5.75 Å². The molecule has 1 saturated heterocycles. The molecule has 0 radical (unpaired) electrons. The van der Waals surface area contributed by atoms with Gasteiger partial charge in [-0.1, -0.05) is 12.1 Å². The molecule has 4 rings (SSSR count). The summed E-state index contributed by atoms with van der Waals surface area (Å²) in [5, 5.41) is 6.00. The molecule has 1 fully saturated rings. The maximum absolute atomic E-state index is 12.8. The number of aryl methyl sites for hydroxylation is 1. The number of anilines is 3. The highest BCUT2D eigenvalue weighted by Gasteiger charge is 2.29. The van der Waals surface area contributed by atoms with Crippen LogP contribution in [0.15, 0.2) is 48.9 Å². The summed E-state index contributed by atoms with van der Waals surface area (Å²) in [4.78, 5) is 39.4. The molecule has 36 heavy (non-hydrogen) atoms. The number of alkyl halides is 2. The first-order chi connectivity index (χ1) is 17.3. The standard InChI is InChI=1S/C25H26F2N6O3/c1-3-33-14-17(6-9-22(33)34)23(35)32-21-10-19(13-28-15(21)2)31-25-29-11-18(12-30-25)16-4-7-20(8-5-16)36-24(26)27/h4-5,7-8,10-13,17,24H,3,6,9,14H2,1-2H3,(H,32,35)(H,29,30,31). The summed E-state index contributed by atoms with van der Waals surface area (Å²) < 4.78 is 29.0. The van der Waals surface area contributed by atoms with Gasteiger partial charge in [-0.15, -0.1) is 0 Å². The number of halogens is 2. The number of hydrogen-bond acceptors (Lipinski definition) is 7. The van der Waals surface area contributed by atoms with Gasteiger partial charge in [-0.25, -0.2) is 9.97 Å². The lowest BCUT2D eigenvalue weighted by Crippen LogP contribution is -2.43. The Bertz CT molecular complexity index is 1220. The van der Waals surface area contributed by atoms with Crippen molar-refractivity contribution in [1.29, 1.82) is 0 Å². The lowest BCUT2D eigenvalue weighted by Gasteiger charge is -2.31. The Hall–Kier alpha value is -4.15. The number of benzene rings is 1. The third kappa shape index (κ3) is 6.09. The molecular weight excluding hydrogens is 470 g/mol. The topological polar surface area (TPSA) is 109 Å². The average Bonchev–Trinajstić information content (AvgIpc) is 2.87. The first kappa shape index (κ1) is 25.0. The van der Waals surface area contributed by atoms with Crippen molar-refractivity contribution in [3.8, 4) is 16.9 Å².